The SMILES string of the molecule is Fc1cnc2[nH]cc(-c3ccc4ncccc4c3)c2c1. The molecule has 0 bridgehead atoms. The lowest BCUT2D eigenvalue weighted by Crippen LogP contribution is -1.82. The van der Waals surface area contributed by atoms with Gasteiger partial charge >= 0.3 is 0 Å². The van der Waals surface area contributed by atoms with Gasteiger partial charge in [0, 0.05) is 28.7 Å². The molecule has 0 unspecified atom stereocenters. The van der Waals surface area contributed by atoms with Crippen LogP contribution in [0.2, 0.25) is 0 Å². The normalized spacial score (nSPS) is 11.2. The van der Waals surface area contributed by atoms with Gasteiger partial charge in [-0.25, -0.2) is 9.37 Å². The van der Waals surface area contributed by atoms with Crippen molar-refractivity contribution in [2.75, 3.05) is 0 Å². The Labute approximate surface area is 114 Å². The quantitative estimate of drug-likeness (QED) is 0.565. The fourth-order valence-electron chi connectivity index (χ4n) is 2.46. The zero-order valence-electron chi connectivity index (χ0n) is 10.5. The van der Waals surface area contributed by atoms with E-state index in [0.717, 1.165) is 27.4 Å². The summed E-state index contributed by atoms with van der Waals surface area (Å²) in [7, 11) is 0. The Hall–Kier alpha value is -2.75. The third-order valence-corrected chi connectivity index (χ3v) is 3.41. The Morgan fingerprint density at radius 1 is 1.05 bits per heavy atom. The first-order chi connectivity index (χ1) is 9.81. The average Bonchev–Trinajstić information content (AvgIpc) is 2.89. The highest BCUT2D eigenvalue weighted by atomic mass is 19.1. The predicted octanol–water partition coefficient (Wildman–Crippen LogP) is 3.92. The van der Waals surface area contributed by atoms with Gasteiger partial charge in [-0.3, -0.25) is 4.98 Å². The van der Waals surface area contributed by atoms with E-state index >= 15 is 0 Å². The van der Waals surface area contributed by atoms with Crippen molar-refractivity contribution in [2.45, 2.75) is 0 Å². The van der Waals surface area contributed by atoms with Crippen molar-refractivity contribution < 1.29 is 4.39 Å². The molecule has 0 radical (unpaired) electrons. The fourth-order valence-corrected chi connectivity index (χ4v) is 2.46. The molecule has 0 amide bonds. The van der Waals surface area contributed by atoms with Crippen molar-refractivity contribution in [2.24, 2.45) is 0 Å². The largest absolute Gasteiger partial charge is 0.346 e. The molecule has 96 valence electrons. The van der Waals surface area contributed by atoms with E-state index in [-0.39, 0.29) is 5.82 Å². The zero-order valence-corrected chi connectivity index (χ0v) is 10.5. The lowest BCUT2D eigenvalue weighted by atomic mass is 10.0. The molecule has 0 aliphatic heterocycles. The number of nitrogens with zero attached hydrogens (tertiary/aromatic N) is 2. The maximum atomic E-state index is 13.4. The van der Waals surface area contributed by atoms with Gasteiger partial charge in [-0.05, 0) is 29.8 Å². The van der Waals surface area contributed by atoms with E-state index in [1.807, 2.05) is 30.5 Å². The summed E-state index contributed by atoms with van der Waals surface area (Å²) < 4.78 is 13.4. The summed E-state index contributed by atoms with van der Waals surface area (Å²) in [5.41, 5.74) is 3.59. The Kier molecular flexibility index (Phi) is 2.29. The summed E-state index contributed by atoms with van der Waals surface area (Å²) in [4.78, 5) is 11.4. The van der Waals surface area contributed by atoms with Gasteiger partial charge in [0.25, 0.3) is 0 Å². The van der Waals surface area contributed by atoms with E-state index in [9.17, 15) is 4.39 Å². The van der Waals surface area contributed by atoms with Gasteiger partial charge < -0.3 is 4.98 Å². The van der Waals surface area contributed by atoms with Crippen molar-refractivity contribution in [1.29, 1.82) is 0 Å². The van der Waals surface area contributed by atoms with Gasteiger partial charge in [-0.2, -0.15) is 0 Å². The van der Waals surface area contributed by atoms with Gasteiger partial charge in [0.05, 0.1) is 11.7 Å². The zero-order chi connectivity index (χ0) is 13.5. The van der Waals surface area contributed by atoms with Gasteiger partial charge in [0.1, 0.15) is 11.5 Å². The van der Waals surface area contributed by atoms with Gasteiger partial charge in [0.15, 0.2) is 0 Å². The van der Waals surface area contributed by atoms with Crippen LogP contribution < -0.4 is 0 Å². The van der Waals surface area contributed by atoms with E-state index in [4.69, 9.17) is 0 Å². The molecule has 1 N–H and O–H groups in total. The molecule has 0 aliphatic carbocycles. The highest BCUT2D eigenvalue weighted by Gasteiger charge is 2.08. The molecule has 4 aromatic rings. The number of pyridine rings is 2. The summed E-state index contributed by atoms with van der Waals surface area (Å²) >= 11 is 0. The Bertz CT molecular complexity index is 927. The molecule has 0 fully saturated rings. The number of hydrogen-bond donors (Lipinski definition) is 1. The summed E-state index contributed by atoms with van der Waals surface area (Å²) in [6.45, 7) is 0. The molecule has 20 heavy (non-hydrogen) atoms. The van der Waals surface area contributed by atoms with Crippen LogP contribution in [0, 0.1) is 5.82 Å². The number of nitrogens with one attached hydrogen (secondary N) is 1. The molecule has 3 heterocycles. The number of halogens is 1. The summed E-state index contributed by atoms with van der Waals surface area (Å²) in [5.74, 6) is -0.333. The molecule has 0 spiro atoms. The maximum absolute atomic E-state index is 13.4. The van der Waals surface area contributed by atoms with E-state index in [1.54, 1.807) is 6.20 Å². The third-order valence-electron chi connectivity index (χ3n) is 3.41. The van der Waals surface area contributed by atoms with Crippen LogP contribution in [0.3, 0.4) is 0 Å². The van der Waals surface area contributed by atoms with Crippen LogP contribution in [-0.2, 0) is 0 Å². The number of rotatable bonds is 1. The molecular formula is C16H10FN3. The van der Waals surface area contributed by atoms with Crippen molar-refractivity contribution in [3.8, 4) is 11.1 Å². The molecule has 3 aromatic heterocycles. The first-order valence-electron chi connectivity index (χ1n) is 6.29. The number of benzene rings is 1. The van der Waals surface area contributed by atoms with Crippen LogP contribution in [-0.4, -0.2) is 15.0 Å². The molecule has 0 aliphatic rings. The van der Waals surface area contributed by atoms with Crippen LogP contribution in [0.4, 0.5) is 4.39 Å². The Morgan fingerprint density at radius 3 is 2.95 bits per heavy atom. The summed E-state index contributed by atoms with van der Waals surface area (Å²) in [6.07, 6.45) is 4.84. The van der Waals surface area contributed by atoms with Crippen molar-refractivity contribution in [3.63, 3.8) is 0 Å². The molecule has 4 rings (SSSR count). The second-order valence-electron chi connectivity index (χ2n) is 4.66. The lowest BCUT2D eigenvalue weighted by Gasteiger charge is -2.02. The van der Waals surface area contributed by atoms with Crippen LogP contribution in [0.1, 0.15) is 0 Å². The Balaban J connectivity index is 1.98. The van der Waals surface area contributed by atoms with Gasteiger partial charge in [-0.15, -0.1) is 0 Å². The second-order valence-corrected chi connectivity index (χ2v) is 4.66. The third kappa shape index (κ3) is 1.66. The molecule has 1 aromatic carbocycles. The van der Waals surface area contributed by atoms with Crippen LogP contribution in [0.15, 0.2) is 55.0 Å². The van der Waals surface area contributed by atoms with Crippen molar-refractivity contribution >= 4 is 21.9 Å². The highest BCUT2D eigenvalue weighted by molar-refractivity contribution is 5.96. The number of aromatic amines is 1. The van der Waals surface area contributed by atoms with Gasteiger partial charge in [-0.1, -0.05) is 12.1 Å². The average molecular weight is 263 g/mol. The van der Waals surface area contributed by atoms with Crippen LogP contribution in [0.25, 0.3) is 33.1 Å². The van der Waals surface area contributed by atoms with Crippen molar-refractivity contribution in [3.05, 3.63) is 60.8 Å². The first kappa shape index (κ1) is 11.1. The second kappa shape index (κ2) is 4.13. The first-order valence-corrected chi connectivity index (χ1v) is 6.29. The molecule has 3 nitrogen and oxygen atoms in total. The van der Waals surface area contributed by atoms with E-state index in [0.29, 0.717) is 5.65 Å². The number of H-pyrrole nitrogens is 1. The maximum Gasteiger partial charge on any atom is 0.142 e. The number of aromatic nitrogens is 3. The molecular weight excluding hydrogens is 253 g/mol. The summed E-state index contributed by atoms with van der Waals surface area (Å²) in [5, 5.41) is 1.84. The van der Waals surface area contributed by atoms with Crippen molar-refractivity contribution in [1.82, 2.24) is 15.0 Å². The fraction of sp³-hybridized carbons (Fsp3) is 0. The van der Waals surface area contributed by atoms with Crippen LogP contribution >= 0.6 is 0 Å². The Morgan fingerprint density at radius 2 is 2.00 bits per heavy atom. The van der Waals surface area contributed by atoms with E-state index in [2.05, 4.69) is 21.0 Å². The molecule has 4 heteroatoms. The minimum absolute atomic E-state index is 0.333. The molecule has 0 atom stereocenters. The number of hydrogen-bond acceptors (Lipinski definition) is 2. The van der Waals surface area contributed by atoms with E-state index < -0.39 is 0 Å². The highest BCUT2D eigenvalue weighted by Crippen LogP contribution is 2.29. The van der Waals surface area contributed by atoms with Crippen LogP contribution in [0.5, 0.6) is 0 Å². The topological polar surface area (TPSA) is 41.6 Å². The molecule has 0 saturated heterocycles. The molecule has 0 saturated carbocycles. The standard InChI is InChI=1S/C16H10FN3/c17-12-7-13-14(9-20-16(13)19-8-12)10-3-4-15-11(6-10)2-1-5-18-15/h1-9H,(H,19,20). The lowest BCUT2D eigenvalue weighted by molar-refractivity contribution is 0.624. The smallest absolute Gasteiger partial charge is 0.142 e. The minimum Gasteiger partial charge on any atom is -0.346 e. The van der Waals surface area contributed by atoms with E-state index in [1.165, 1.54) is 12.3 Å². The summed E-state index contributed by atoms with van der Waals surface area (Å²) in [6, 6.07) is 11.4. The van der Waals surface area contributed by atoms with Gasteiger partial charge in [0.2, 0.25) is 0 Å². The minimum atomic E-state index is -0.333. The monoisotopic (exact) mass is 263 g/mol. The predicted molar refractivity (Wildman–Crippen MR) is 76.8 cm³/mol. The number of fused-ring (bicyclic) bond motifs is 2.